The number of para-hydroxylation sites is 1. The Morgan fingerprint density at radius 2 is 1.58 bits per heavy atom. The van der Waals surface area contributed by atoms with Gasteiger partial charge < -0.3 is 54.0 Å². The first-order chi connectivity index (χ1) is 21.4. The highest BCUT2D eigenvalue weighted by Crippen LogP contribution is 2.19. The minimum Gasteiger partial charge on any atom is -0.480 e. The monoisotopic (exact) mass is 625 g/mol. The number of guanidine groups is 1. The molecule has 4 atom stereocenters. The minimum absolute atomic E-state index is 0.0253. The lowest BCUT2D eigenvalue weighted by Crippen LogP contribution is -2.58. The molecule has 0 saturated heterocycles. The smallest absolute Gasteiger partial charge is 0.326 e. The van der Waals surface area contributed by atoms with Gasteiger partial charge in [-0.2, -0.15) is 0 Å². The van der Waals surface area contributed by atoms with Gasteiger partial charge in [0, 0.05) is 54.8 Å². The van der Waals surface area contributed by atoms with E-state index in [1.807, 2.05) is 24.3 Å². The molecule has 242 valence electrons. The van der Waals surface area contributed by atoms with E-state index in [0.717, 1.165) is 10.9 Å². The fourth-order valence-corrected chi connectivity index (χ4v) is 4.57. The number of carboxylic acids is 1. The Balaban J connectivity index is 1.78. The van der Waals surface area contributed by atoms with Crippen molar-refractivity contribution in [2.75, 3.05) is 6.54 Å². The number of nitrogens with two attached hydrogens (primary N) is 4. The second kappa shape index (κ2) is 16.4. The van der Waals surface area contributed by atoms with Gasteiger partial charge >= 0.3 is 5.97 Å². The van der Waals surface area contributed by atoms with Gasteiger partial charge in [-0.3, -0.25) is 24.2 Å². The number of fused-ring (bicyclic) bond motifs is 1. The zero-order valence-electron chi connectivity index (χ0n) is 24.5. The predicted octanol–water partition coefficient (Wildman–Crippen LogP) is -2.14. The van der Waals surface area contributed by atoms with Crippen LogP contribution in [0.2, 0.25) is 0 Å². The first-order valence-corrected chi connectivity index (χ1v) is 14.2. The van der Waals surface area contributed by atoms with Crippen molar-refractivity contribution < 1.29 is 29.1 Å². The number of hydrogen-bond donors (Lipinski definition) is 10. The number of rotatable bonds is 18. The van der Waals surface area contributed by atoms with Crippen LogP contribution in [0.25, 0.3) is 10.9 Å². The molecule has 4 unspecified atom stereocenters. The molecule has 0 spiro atoms. The van der Waals surface area contributed by atoms with Crippen molar-refractivity contribution in [3.63, 3.8) is 0 Å². The fourth-order valence-electron chi connectivity index (χ4n) is 4.57. The van der Waals surface area contributed by atoms with Crippen molar-refractivity contribution in [1.82, 2.24) is 30.9 Å². The van der Waals surface area contributed by atoms with Gasteiger partial charge in [0.25, 0.3) is 0 Å². The lowest BCUT2D eigenvalue weighted by atomic mass is 10.0. The molecule has 4 amide bonds. The number of hydrogen-bond acceptors (Lipinski definition) is 8. The number of aliphatic imine (C=N–C) groups is 1. The highest BCUT2D eigenvalue weighted by Gasteiger charge is 2.31. The topological polar surface area (TPSA) is 303 Å². The quantitative estimate of drug-likeness (QED) is 0.0415. The molecule has 2 heterocycles. The molecule has 3 aromatic rings. The van der Waals surface area contributed by atoms with E-state index >= 15 is 0 Å². The van der Waals surface area contributed by atoms with Crippen LogP contribution in [0.1, 0.15) is 36.9 Å². The molecule has 17 nitrogen and oxygen atoms in total. The van der Waals surface area contributed by atoms with E-state index in [0.29, 0.717) is 11.3 Å². The van der Waals surface area contributed by atoms with Crippen LogP contribution in [0, 0.1) is 0 Å². The van der Waals surface area contributed by atoms with Crippen LogP contribution in [0.4, 0.5) is 0 Å². The summed E-state index contributed by atoms with van der Waals surface area (Å²) in [4.78, 5) is 76.8. The summed E-state index contributed by atoms with van der Waals surface area (Å²) in [6.45, 7) is 0.155. The van der Waals surface area contributed by atoms with Crippen molar-refractivity contribution in [1.29, 1.82) is 0 Å². The zero-order chi connectivity index (χ0) is 32.9. The summed E-state index contributed by atoms with van der Waals surface area (Å²) in [6.07, 6.45) is 4.60. The predicted molar refractivity (Wildman–Crippen MR) is 164 cm³/mol. The number of imidazole rings is 1. The first-order valence-electron chi connectivity index (χ1n) is 14.2. The van der Waals surface area contributed by atoms with Gasteiger partial charge in [0.15, 0.2) is 5.96 Å². The van der Waals surface area contributed by atoms with E-state index in [2.05, 4.69) is 35.9 Å². The second-order valence-electron chi connectivity index (χ2n) is 10.4. The van der Waals surface area contributed by atoms with Crippen molar-refractivity contribution >= 4 is 46.5 Å². The lowest BCUT2D eigenvalue weighted by Gasteiger charge is -2.25. The maximum Gasteiger partial charge on any atom is 0.326 e. The molecule has 17 heteroatoms. The summed E-state index contributed by atoms with van der Waals surface area (Å²) in [5.74, 6) is -4.27. The molecular weight excluding hydrogens is 586 g/mol. The molecule has 1 aromatic carbocycles. The largest absolute Gasteiger partial charge is 0.480 e. The number of carbonyl (C=O) groups is 5. The maximum atomic E-state index is 13.5. The maximum absolute atomic E-state index is 13.5. The molecule has 0 aliphatic heterocycles. The molecule has 3 rings (SSSR count). The van der Waals surface area contributed by atoms with E-state index in [1.165, 1.54) is 12.5 Å². The number of H-pyrrole nitrogens is 2. The van der Waals surface area contributed by atoms with Gasteiger partial charge in [0.05, 0.1) is 12.4 Å². The van der Waals surface area contributed by atoms with Crippen molar-refractivity contribution in [3.05, 3.63) is 54.2 Å². The number of nitrogens with zero attached hydrogens (tertiary/aromatic N) is 2. The number of carbonyl (C=O) groups excluding carboxylic acids is 4. The molecule has 2 aromatic heterocycles. The second-order valence-corrected chi connectivity index (χ2v) is 10.4. The Labute approximate surface area is 258 Å². The number of benzene rings is 1. The fraction of sp³-hybridized carbons (Fsp3) is 0.393. The van der Waals surface area contributed by atoms with Crippen molar-refractivity contribution in [2.24, 2.45) is 27.9 Å². The van der Waals surface area contributed by atoms with Crippen molar-refractivity contribution in [2.45, 2.75) is 62.7 Å². The number of aromatic nitrogens is 3. The number of nitrogens with one attached hydrogen (secondary N) is 5. The number of aromatic amines is 2. The van der Waals surface area contributed by atoms with Crippen LogP contribution in [0.15, 0.2) is 48.0 Å². The molecule has 0 aliphatic carbocycles. The summed E-state index contributed by atoms with van der Waals surface area (Å²) < 4.78 is 0. The SMILES string of the molecule is NC(=O)CCC(N)C(=O)NC(CCCN=C(N)N)C(=O)NC(Cc1cnc[nH]1)C(=O)NC(Cc1c[nH]c2ccccc12)C(=O)O. The van der Waals surface area contributed by atoms with Gasteiger partial charge in [-0.1, -0.05) is 18.2 Å². The Morgan fingerprint density at radius 1 is 0.889 bits per heavy atom. The molecule has 0 saturated carbocycles. The molecule has 0 fully saturated rings. The summed E-state index contributed by atoms with van der Waals surface area (Å²) in [7, 11) is 0. The third kappa shape index (κ3) is 10.6. The van der Waals surface area contributed by atoms with Crippen LogP contribution in [0.3, 0.4) is 0 Å². The van der Waals surface area contributed by atoms with Gasteiger partial charge in [-0.05, 0) is 30.9 Å². The minimum atomic E-state index is -1.32. The highest BCUT2D eigenvalue weighted by atomic mass is 16.4. The standard InChI is InChI=1S/C28H39N11O6/c29-18(7-8-23(30)40)24(41)37-20(6-3-9-34-28(31)32)25(42)38-21(11-16-13-33-14-36-16)26(43)39-22(27(44)45)10-15-12-35-19-5-2-1-4-17(15)19/h1-2,4-5,12-14,18,20-22,35H,3,6-11,29H2,(H2,30,40)(H,33,36)(H,37,41)(H,38,42)(H,39,43)(H,44,45)(H4,31,32,34). The van der Waals surface area contributed by atoms with Crippen molar-refractivity contribution in [3.8, 4) is 0 Å². The van der Waals surface area contributed by atoms with E-state index in [1.54, 1.807) is 6.20 Å². The zero-order valence-corrected chi connectivity index (χ0v) is 24.5. The molecule has 45 heavy (non-hydrogen) atoms. The molecule has 0 aliphatic rings. The molecular formula is C28H39N11O6. The summed E-state index contributed by atoms with van der Waals surface area (Å²) in [5, 5.41) is 18.5. The Bertz CT molecular complexity index is 1500. The molecule has 0 bridgehead atoms. The van der Waals surface area contributed by atoms with Crippen LogP contribution in [-0.4, -0.2) is 86.3 Å². The normalized spacial score (nSPS) is 13.6. The number of amides is 4. The highest BCUT2D eigenvalue weighted by molar-refractivity contribution is 5.94. The third-order valence-corrected chi connectivity index (χ3v) is 6.94. The van der Waals surface area contributed by atoms with Gasteiger partial charge in [0.1, 0.15) is 18.1 Å². The Hall–Kier alpha value is -5.45. The Morgan fingerprint density at radius 3 is 2.24 bits per heavy atom. The van der Waals surface area contributed by atoms with Gasteiger partial charge in [-0.25, -0.2) is 9.78 Å². The third-order valence-electron chi connectivity index (χ3n) is 6.94. The first kappa shape index (κ1) is 34.0. The summed E-state index contributed by atoms with van der Waals surface area (Å²) in [6, 6.07) is 2.46. The van der Waals surface area contributed by atoms with Crippen LogP contribution >= 0.6 is 0 Å². The lowest BCUT2D eigenvalue weighted by molar-refractivity contribution is -0.142. The average molecular weight is 626 g/mol. The van der Waals surface area contributed by atoms with E-state index in [4.69, 9.17) is 22.9 Å². The molecule has 0 radical (unpaired) electrons. The van der Waals surface area contributed by atoms with Gasteiger partial charge in [-0.15, -0.1) is 0 Å². The van der Waals surface area contributed by atoms with E-state index < -0.39 is 53.8 Å². The van der Waals surface area contributed by atoms with Gasteiger partial charge in [0.2, 0.25) is 23.6 Å². The van der Waals surface area contributed by atoms with Crippen LogP contribution < -0.4 is 38.9 Å². The number of aliphatic carboxylic acids is 1. The Kier molecular flexibility index (Phi) is 12.4. The van der Waals surface area contributed by atoms with Crippen LogP contribution in [0.5, 0.6) is 0 Å². The number of primary amides is 1. The summed E-state index contributed by atoms with van der Waals surface area (Å²) >= 11 is 0. The summed E-state index contributed by atoms with van der Waals surface area (Å²) in [5.41, 5.74) is 23.8. The average Bonchev–Trinajstić information content (AvgIpc) is 3.66. The number of carboxylic acid groups (broad SMARTS) is 1. The van der Waals surface area contributed by atoms with E-state index in [-0.39, 0.29) is 51.0 Å². The van der Waals surface area contributed by atoms with Crippen LogP contribution in [-0.2, 0) is 36.8 Å². The molecule has 14 N–H and O–H groups in total. The van der Waals surface area contributed by atoms with E-state index in [9.17, 15) is 29.1 Å².